The van der Waals surface area contributed by atoms with E-state index >= 15 is 0 Å². The molecular formula is C11H23NOS. The Balaban J connectivity index is 2.29. The maximum absolute atomic E-state index is 9.39. The van der Waals surface area contributed by atoms with Crippen LogP contribution in [-0.4, -0.2) is 41.5 Å². The quantitative estimate of drug-likeness (QED) is 0.700. The molecule has 2 nitrogen and oxygen atoms in total. The fraction of sp³-hybridized carbons (Fsp3) is 1.00. The maximum atomic E-state index is 9.39. The van der Waals surface area contributed by atoms with Crippen molar-refractivity contribution in [1.29, 1.82) is 0 Å². The third-order valence-electron chi connectivity index (χ3n) is 3.23. The average Bonchev–Trinajstić information content (AvgIpc) is 2.16. The zero-order valence-corrected chi connectivity index (χ0v) is 10.2. The SMILES string of the molecule is CC(C)C(CS)CN1CCC(O)CC1. The van der Waals surface area contributed by atoms with Gasteiger partial charge in [0, 0.05) is 19.6 Å². The Morgan fingerprint density at radius 3 is 2.36 bits per heavy atom. The van der Waals surface area contributed by atoms with Crippen molar-refractivity contribution in [2.75, 3.05) is 25.4 Å². The van der Waals surface area contributed by atoms with Crippen molar-refractivity contribution in [3.8, 4) is 0 Å². The van der Waals surface area contributed by atoms with Gasteiger partial charge in [-0.3, -0.25) is 0 Å². The summed E-state index contributed by atoms with van der Waals surface area (Å²) < 4.78 is 0. The summed E-state index contributed by atoms with van der Waals surface area (Å²) in [5.74, 6) is 2.37. The largest absolute Gasteiger partial charge is 0.393 e. The lowest BCUT2D eigenvalue weighted by Gasteiger charge is -2.33. The molecule has 1 saturated heterocycles. The van der Waals surface area contributed by atoms with E-state index in [9.17, 15) is 5.11 Å². The van der Waals surface area contributed by atoms with Crippen LogP contribution in [0.1, 0.15) is 26.7 Å². The van der Waals surface area contributed by atoms with Gasteiger partial charge < -0.3 is 10.0 Å². The number of piperidine rings is 1. The molecule has 1 aliphatic rings. The predicted octanol–water partition coefficient (Wildman–Crippen LogP) is 1.65. The molecule has 0 radical (unpaired) electrons. The van der Waals surface area contributed by atoms with Gasteiger partial charge in [0.2, 0.25) is 0 Å². The average molecular weight is 217 g/mol. The summed E-state index contributed by atoms with van der Waals surface area (Å²) in [5.41, 5.74) is 0. The zero-order valence-electron chi connectivity index (χ0n) is 9.32. The Morgan fingerprint density at radius 2 is 1.93 bits per heavy atom. The van der Waals surface area contributed by atoms with E-state index < -0.39 is 0 Å². The molecule has 0 aromatic carbocycles. The molecule has 3 heteroatoms. The summed E-state index contributed by atoms with van der Waals surface area (Å²) in [6.45, 7) is 7.78. The highest BCUT2D eigenvalue weighted by molar-refractivity contribution is 7.80. The second-order valence-corrected chi connectivity index (χ2v) is 5.08. The first-order valence-corrected chi connectivity index (χ1v) is 6.28. The van der Waals surface area contributed by atoms with E-state index in [4.69, 9.17) is 0 Å². The first-order chi connectivity index (χ1) is 6.63. The Hall–Kier alpha value is 0.270. The van der Waals surface area contributed by atoms with Crippen molar-refractivity contribution in [1.82, 2.24) is 4.90 Å². The van der Waals surface area contributed by atoms with Crippen LogP contribution in [0.5, 0.6) is 0 Å². The molecule has 0 saturated carbocycles. The zero-order chi connectivity index (χ0) is 10.6. The van der Waals surface area contributed by atoms with E-state index in [-0.39, 0.29) is 6.10 Å². The lowest BCUT2D eigenvalue weighted by molar-refractivity contribution is 0.0727. The van der Waals surface area contributed by atoms with E-state index in [1.807, 2.05) is 0 Å². The van der Waals surface area contributed by atoms with Gasteiger partial charge in [-0.25, -0.2) is 0 Å². The lowest BCUT2D eigenvalue weighted by Crippen LogP contribution is -2.40. The molecule has 1 N–H and O–H groups in total. The number of likely N-dealkylation sites (tertiary alicyclic amines) is 1. The van der Waals surface area contributed by atoms with Crippen molar-refractivity contribution in [3.63, 3.8) is 0 Å². The van der Waals surface area contributed by atoms with E-state index in [1.54, 1.807) is 0 Å². The monoisotopic (exact) mass is 217 g/mol. The summed E-state index contributed by atoms with van der Waals surface area (Å²) in [6.07, 6.45) is 1.83. The number of aliphatic hydroxyl groups is 1. The Morgan fingerprint density at radius 1 is 1.36 bits per heavy atom. The van der Waals surface area contributed by atoms with Crippen molar-refractivity contribution >= 4 is 12.6 Å². The summed E-state index contributed by atoms with van der Waals surface area (Å²) in [4.78, 5) is 2.47. The molecule has 1 fully saturated rings. The third kappa shape index (κ3) is 3.79. The maximum Gasteiger partial charge on any atom is 0.0564 e. The molecule has 1 heterocycles. The molecule has 1 rings (SSSR count). The van der Waals surface area contributed by atoms with Crippen molar-refractivity contribution in [2.45, 2.75) is 32.8 Å². The topological polar surface area (TPSA) is 23.5 Å². The van der Waals surface area contributed by atoms with E-state index in [1.165, 1.54) is 0 Å². The van der Waals surface area contributed by atoms with Crippen LogP contribution in [0.25, 0.3) is 0 Å². The van der Waals surface area contributed by atoms with Crippen LogP contribution in [0.4, 0.5) is 0 Å². The van der Waals surface area contributed by atoms with Crippen LogP contribution in [0.3, 0.4) is 0 Å². The van der Waals surface area contributed by atoms with Gasteiger partial charge in [0.15, 0.2) is 0 Å². The smallest absolute Gasteiger partial charge is 0.0564 e. The van der Waals surface area contributed by atoms with Crippen molar-refractivity contribution in [2.24, 2.45) is 11.8 Å². The molecule has 0 amide bonds. The fourth-order valence-electron chi connectivity index (χ4n) is 1.91. The minimum Gasteiger partial charge on any atom is -0.393 e. The normalized spacial score (nSPS) is 22.9. The summed E-state index contributed by atoms with van der Waals surface area (Å²) in [6, 6.07) is 0. The predicted molar refractivity (Wildman–Crippen MR) is 63.9 cm³/mol. The molecular weight excluding hydrogens is 194 g/mol. The first kappa shape index (κ1) is 12.3. The van der Waals surface area contributed by atoms with Gasteiger partial charge in [-0.05, 0) is 30.4 Å². The van der Waals surface area contributed by atoms with E-state index in [2.05, 4.69) is 31.4 Å². The van der Waals surface area contributed by atoms with Crippen molar-refractivity contribution in [3.05, 3.63) is 0 Å². The van der Waals surface area contributed by atoms with Crippen LogP contribution >= 0.6 is 12.6 Å². The van der Waals surface area contributed by atoms with Crippen molar-refractivity contribution < 1.29 is 5.11 Å². The van der Waals surface area contributed by atoms with Gasteiger partial charge in [-0.1, -0.05) is 13.8 Å². The standard InChI is InChI=1S/C11H23NOS/c1-9(2)10(8-14)7-12-5-3-11(13)4-6-12/h9-11,13-14H,3-8H2,1-2H3. The second-order valence-electron chi connectivity index (χ2n) is 4.72. The molecule has 1 atom stereocenters. The highest BCUT2D eigenvalue weighted by Gasteiger charge is 2.20. The summed E-state index contributed by atoms with van der Waals surface area (Å²) >= 11 is 4.40. The molecule has 0 aromatic heterocycles. The number of thiol groups is 1. The van der Waals surface area contributed by atoms with Gasteiger partial charge in [0.1, 0.15) is 0 Å². The van der Waals surface area contributed by atoms with Gasteiger partial charge in [-0.2, -0.15) is 12.6 Å². The number of aliphatic hydroxyl groups excluding tert-OH is 1. The molecule has 1 aliphatic heterocycles. The van der Waals surface area contributed by atoms with Gasteiger partial charge in [-0.15, -0.1) is 0 Å². The molecule has 84 valence electrons. The van der Waals surface area contributed by atoms with Crippen LogP contribution in [0.2, 0.25) is 0 Å². The molecule has 0 aromatic rings. The number of rotatable bonds is 4. The Bertz CT molecular complexity index is 155. The molecule has 0 bridgehead atoms. The van der Waals surface area contributed by atoms with Gasteiger partial charge >= 0.3 is 0 Å². The number of hydrogen-bond donors (Lipinski definition) is 2. The fourth-order valence-corrected chi connectivity index (χ4v) is 2.45. The van der Waals surface area contributed by atoms with Gasteiger partial charge in [0.05, 0.1) is 6.10 Å². The minimum atomic E-state index is -0.0558. The summed E-state index contributed by atoms with van der Waals surface area (Å²) in [7, 11) is 0. The molecule has 0 aliphatic carbocycles. The van der Waals surface area contributed by atoms with Crippen LogP contribution < -0.4 is 0 Å². The van der Waals surface area contributed by atoms with Crippen LogP contribution in [0, 0.1) is 11.8 Å². The minimum absolute atomic E-state index is 0.0558. The molecule has 0 spiro atoms. The van der Waals surface area contributed by atoms with Crippen LogP contribution in [0.15, 0.2) is 0 Å². The first-order valence-electron chi connectivity index (χ1n) is 5.64. The third-order valence-corrected chi connectivity index (χ3v) is 3.70. The highest BCUT2D eigenvalue weighted by atomic mass is 32.1. The molecule has 14 heavy (non-hydrogen) atoms. The Kier molecular flexibility index (Phi) is 5.28. The molecule has 1 unspecified atom stereocenters. The van der Waals surface area contributed by atoms with Gasteiger partial charge in [0.25, 0.3) is 0 Å². The summed E-state index contributed by atoms with van der Waals surface area (Å²) in [5, 5.41) is 9.39. The van der Waals surface area contributed by atoms with Crippen LogP contribution in [-0.2, 0) is 0 Å². The number of hydrogen-bond acceptors (Lipinski definition) is 3. The second kappa shape index (κ2) is 5.99. The Labute approximate surface area is 93.1 Å². The highest BCUT2D eigenvalue weighted by Crippen LogP contribution is 2.17. The number of nitrogens with zero attached hydrogens (tertiary/aromatic N) is 1. The van der Waals surface area contributed by atoms with E-state index in [0.29, 0.717) is 11.8 Å². The van der Waals surface area contributed by atoms with E-state index in [0.717, 1.165) is 38.2 Å². The lowest BCUT2D eigenvalue weighted by atomic mass is 9.96.